The van der Waals surface area contributed by atoms with Gasteiger partial charge in [-0.3, -0.25) is 0 Å². The predicted molar refractivity (Wildman–Crippen MR) is 7.61 cm³/mol. The van der Waals surface area contributed by atoms with Gasteiger partial charge in [-0.2, -0.15) is 7.82 Å². The van der Waals surface area contributed by atoms with Gasteiger partial charge in [-0.25, -0.2) is 0 Å². The molecule has 4 nitrogen and oxygen atoms in total. The van der Waals surface area contributed by atoms with Crippen molar-refractivity contribution < 1.29 is 73.7 Å². The molecule has 0 saturated carbocycles. The molecule has 0 N–H and O–H groups in total. The Balaban J connectivity index is -0.0000000267. The summed E-state index contributed by atoms with van der Waals surface area (Å²) in [5, 5.41) is 0. The molecule has 0 aliphatic carbocycles. The van der Waals surface area contributed by atoms with E-state index in [0.717, 1.165) is 0 Å². The molecule has 0 amide bonds. The molecule has 38 valence electrons. The molecule has 0 atom stereocenters. The van der Waals surface area contributed by atoms with E-state index >= 15 is 0 Å². The maximum Gasteiger partial charge on any atom is 5.00 e. The van der Waals surface area contributed by atoms with Gasteiger partial charge in [0.1, 0.15) is 0 Å². The van der Waals surface area contributed by atoms with E-state index in [1.54, 1.807) is 0 Å². The molecule has 0 aromatic carbocycles. The third-order valence-corrected chi connectivity index (χ3v) is 0. The minimum Gasteiger partial charge on any atom is -0.822 e. The molecule has 8 heteroatoms. The van der Waals surface area contributed by atoms with Crippen molar-refractivity contribution in [2.75, 3.05) is 0 Å². The van der Waals surface area contributed by atoms with Gasteiger partial charge in [-0.15, -0.1) is 0 Å². The third-order valence-electron chi connectivity index (χ3n) is 0. The van der Waals surface area contributed by atoms with Gasteiger partial charge in [0.25, 0.3) is 0 Å². The number of phosphoric acid groups is 1. The molecule has 8 heavy (non-hydrogen) atoms. The number of hydrogen-bond donors (Lipinski definition) is 0. The topological polar surface area (TPSA) is 86.2 Å². The zero-order valence-electron chi connectivity index (χ0n) is 3.88. The van der Waals surface area contributed by atoms with Crippen LogP contribution in [0.4, 0.5) is 0 Å². The van der Waals surface area contributed by atoms with E-state index in [-0.39, 0.29) is 54.5 Å². The second kappa shape index (κ2) is 8.81. The maximum absolute atomic E-state index is 8.55. The van der Waals surface area contributed by atoms with Crippen LogP contribution in [0, 0.1) is 0 Å². The van der Waals surface area contributed by atoms with Gasteiger partial charge in [-0.1, -0.05) is 0 Å². The van der Waals surface area contributed by atoms with Gasteiger partial charge in [-0.05, 0) is 0 Å². The standard InChI is InChI=1S/Fe.Li.H3O4P.V/c;;1-5(2,3)4;/h;;(H3,1,2,3,4);/q+2;+1;;+5/p-3. The molecule has 0 bridgehead atoms. The van der Waals surface area contributed by atoms with Crippen molar-refractivity contribution in [1.82, 2.24) is 0 Å². The fourth-order valence-electron chi connectivity index (χ4n) is 0. The molecule has 0 saturated heterocycles. The zero-order valence-corrected chi connectivity index (χ0v) is 7.28. The predicted octanol–water partition coefficient (Wildman–Crippen LogP) is -5.83. The van der Waals surface area contributed by atoms with Gasteiger partial charge < -0.3 is 19.2 Å². The van der Waals surface area contributed by atoms with Crippen molar-refractivity contribution in [2.24, 2.45) is 0 Å². The van der Waals surface area contributed by atoms with Crippen molar-refractivity contribution >= 4 is 7.82 Å². The van der Waals surface area contributed by atoms with Crippen LogP contribution in [0.5, 0.6) is 0 Å². The Morgan fingerprint density at radius 2 is 1.12 bits per heavy atom. The summed E-state index contributed by atoms with van der Waals surface area (Å²) in [5.74, 6) is 0. The van der Waals surface area contributed by atoms with Crippen LogP contribution in [0.25, 0.3) is 0 Å². The summed E-state index contributed by atoms with van der Waals surface area (Å²) in [5.41, 5.74) is 0. The van der Waals surface area contributed by atoms with Crippen molar-refractivity contribution in [3.05, 3.63) is 0 Å². The average molecular weight is 209 g/mol. The number of hydrogen-bond acceptors (Lipinski definition) is 4. The zero-order chi connectivity index (χ0) is 4.50. The van der Waals surface area contributed by atoms with Crippen molar-refractivity contribution in [1.29, 1.82) is 0 Å². The van der Waals surface area contributed by atoms with Crippen LogP contribution in [0.1, 0.15) is 0 Å². The van der Waals surface area contributed by atoms with Crippen LogP contribution in [0.15, 0.2) is 0 Å². The Labute approximate surface area is 81.2 Å². The van der Waals surface area contributed by atoms with Crippen LogP contribution < -0.4 is 33.5 Å². The van der Waals surface area contributed by atoms with Gasteiger partial charge in [0.05, 0.1) is 0 Å². The van der Waals surface area contributed by atoms with Crippen LogP contribution in [-0.2, 0) is 40.2 Å². The molecule has 0 spiro atoms. The number of rotatable bonds is 0. The normalized spacial score (nSPS) is 7.38. The summed E-state index contributed by atoms with van der Waals surface area (Å²) in [7, 11) is -5.39. The molecular weight excluding hydrogens is 209 g/mol. The average Bonchev–Trinajstić information content (AvgIpc) is 0.722. The third kappa shape index (κ3) is 110. The maximum atomic E-state index is 8.55. The Hall–Kier alpha value is 1.81. The smallest absolute Gasteiger partial charge is 0.822 e. The monoisotopic (exact) mass is 209 g/mol. The molecule has 0 fully saturated rings. The Morgan fingerprint density at radius 3 is 1.12 bits per heavy atom. The molecule has 0 aromatic rings. The molecule has 0 rings (SSSR count). The van der Waals surface area contributed by atoms with Crippen molar-refractivity contribution in [3.63, 3.8) is 0 Å². The first kappa shape index (κ1) is 22.6. The molecule has 0 radical (unpaired) electrons. The Kier molecular flexibility index (Phi) is 24.8. The van der Waals surface area contributed by atoms with Crippen LogP contribution in [0.2, 0.25) is 0 Å². The summed E-state index contributed by atoms with van der Waals surface area (Å²) in [6, 6.07) is 0. The van der Waals surface area contributed by atoms with Crippen LogP contribution >= 0.6 is 7.82 Å². The molecule has 0 heterocycles. The summed E-state index contributed by atoms with van der Waals surface area (Å²) < 4.78 is 8.55. The second-order valence-electron chi connectivity index (χ2n) is 0.447. The quantitative estimate of drug-likeness (QED) is 0.293. The van der Waals surface area contributed by atoms with E-state index in [4.69, 9.17) is 19.2 Å². The van der Waals surface area contributed by atoms with E-state index < -0.39 is 7.82 Å². The summed E-state index contributed by atoms with van der Waals surface area (Å²) in [6.07, 6.45) is 0. The first-order chi connectivity index (χ1) is 2.00. The van der Waals surface area contributed by atoms with Gasteiger partial charge in [0, 0.05) is 0 Å². The van der Waals surface area contributed by atoms with E-state index in [2.05, 4.69) is 0 Å². The van der Waals surface area contributed by atoms with Gasteiger partial charge in [0.2, 0.25) is 0 Å². The largest absolute Gasteiger partial charge is 5.00 e. The molecular formula is FeLiO4PV+5. The Morgan fingerprint density at radius 1 is 1.12 bits per heavy atom. The van der Waals surface area contributed by atoms with E-state index in [9.17, 15) is 0 Å². The summed E-state index contributed by atoms with van der Waals surface area (Å²) in [6.45, 7) is 0. The summed E-state index contributed by atoms with van der Waals surface area (Å²) >= 11 is 0. The molecule has 0 aliphatic heterocycles. The Bertz CT molecular complexity index is 62.2. The molecule has 0 aromatic heterocycles. The second-order valence-corrected chi connectivity index (χ2v) is 1.34. The van der Waals surface area contributed by atoms with Gasteiger partial charge >= 0.3 is 54.5 Å². The van der Waals surface area contributed by atoms with E-state index in [1.165, 1.54) is 0 Å². The molecule has 0 unspecified atom stereocenters. The first-order valence-corrected chi connectivity index (χ1v) is 2.19. The van der Waals surface area contributed by atoms with E-state index in [0.29, 0.717) is 0 Å². The fraction of sp³-hybridized carbons (Fsp3) is 0. The first-order valence-electron chi connectivity index (χ1n) is 0.730. The van der Waals surface area contributed by atoms with Crippen LogP contribution in [-0.4, -0.2) is 0 Å². The SMILES string of the molecule is O=P([O-])([O-])[O-].[Fe+2].[Li+].[V+5]. The minimum atomic E-state index is -5.39. The van der Waals surface area contributed by atoms with Crippen molar-refractivity contribution in [3.8, 4) is 0 Å². The van der Waals surface area contributed by atoms with E-state index in [1.807, 2.05) is 0 Å². The van der Waals surface area contributed by atoms with Crippen molar-refractivity contribution in [2.45, 2.75) is 0 Å². The van der Waals surface area contributed by atoms with Crippen LogP contribution in [0.3, 0.4) is 0 Å². The van der Waals surface area contributed by atoms with Gasteiger partial charge in [0.15, 0.2) is 0 Å². The molecule has 0 aliphatic rings. The fourth-order valence-corrected chi connectivity index (χ4v) is 0. The minimum absolute atomic E-state index is 0. The summed E-state index contributed by atoms with van der Waals surface area (Å²) in [4.78, 5) is 25.6.